The number of phenols is 1. The Balaban J connectivity index is 1.74. The Labute approximate surface area is 137 Å². The van der Waals surface area contributed by atoms with E-state index in [4.69, 9.17) is 9.26 Å². The number of carbonyl (C=O) groups excluding carboxylic acids is 1. The predicted octanol–water partition coefficient (Wildman–Crippen LogP) is 3.06. The van der Waals surface area contributed by atoms with Gasteiger partial charge in [0.2, 0.25) is 5.82 Å². The highest BCUT2D eigenvalue weighted by Gasteiger charge is 2.21. The first-order chi connectivity index (χ1) is 11.5. The van der Waals surface area contributed by atoms with E-state index in [1.807, 2.05) is 6.92 Å². The molecule has 0 aliphatic carbocycles. The quantitative estimate of drug-likeness (QED) is 0.736. The number of nitrogens with zero attached hydrogens (tertiary/aromatic N) is 3. The third-order valence-electron chi connectivity index (χ3n) is 3.37. The fourth-order valence-electron chi connectivity index (χ4n) is 2.10. The highest BCUT2D eigenvalue weighted by Crippen LogP contribution is 2.24. The number of benzene rings is 1. The van der Waals surface area contributed by atoms with Gasteiger partial charge in [-0.15, -0.1) is 0 Å². The van der Waals surface area contributed by atoms with E-state index in [2.05, 4.69) is 15.1 Å². The van der Waals surface area contributed by atoms with Crippen LogP contribution in [0.25, 0.3) is 11.4 Å². The molecule has 1 atom stereocenters. The zero-order valence-corrected chi connectivity index (χ0v) is 13.1. The van der Waals surface area contributed by atoms with Crippen molar-refractivity contribution >= 4 is 5.97 Å². The smallest absolute Gasteiger partial charge is 0.342 e. The first-order valence-corrected chi connectivity index (χ1v) is 7.29. The first kappa shape index (κ1) is 15.7. The van der Waals surface area contributed by atoms with Gasteiger partial charge in [0.1, 0.15) is 11.3 Å². The standard InChI is InChI=1S/C17H15N3O4/c1-10-5-6-13(14(21)8-10)17(22)23-11(2)16-19-15(20-24-16)12-4-3-7-18-9-12/h3-9,11,21H,1-2H3/t11-/m0/s1. The topological polar surface area (TPSA) is 98.3 Å². The summed E-state index contributed by atoms with van der Waals surface area (Å²) in [4.78, 5) is 20.3. The molecule has 7 heteroatoms. The average Bonchev–Trinajstić information content (AvgIpc) is 3.05. The molecule has 122 valence electrons. The molecule has 0 unspecified atom stereocenters. The summed E-state index contributed by atoms with van der Waals surface area (Å²) in [7, 11) is 0. The van der Waals surface area contributed by atoms with E-state index in [9.17, 15) is 9.90 Å². The molecule has 0 saturated carbocycles. The number of pyridine rings is 1. The Hall–Kier alpha value is -3.22. The minimum atomic E-state index is -0.754. The summed E-state index contributed by atoms with van der Waals surface area (Å²) in [5, 5.41) is 13.7. The molecule has 0 amide bonds. The molecule has 24 heavy (non-hydrogen) atoms. The number of hydrogen-bond acceptors (Lipinski definition) is 7. The average molecular weight is 325 g/mol. The number of ether oxygens (including phenoxy) is 1. The molecule has 0 spiro atoms. The summed E-state index contributed by atoms with van der Waals surface area (Å²) in [6, 6.07) is 8.27. The predicted molar refractivity (Wildman–Crippen MR) is 84.2 cm³/mol. The number of aryl methyl sites for hydroxylation is 1. The van der Waals surface area contributed by atoms with Crippen molar-refractivity contribution in [3.63, 3.8) is 0 Å². The second-order valence-electron chi connectivity index (χ2n) is 5.27. The molecule has 0 fully saturated rings. The van der Waals surface area contributed by atoms with Gasteiger partial charge in [0, 0.05) is 18.0 Å². The number of esters is 1. The van der Waals surface area contributed by atoms with Gasteiger partial charge < -0.3 is 14.4 Å². The van der Waals surface area contributed by atoms with Crippen molar-refractivity contribution in [2.24, 2.45) is 0 Å². The van der Waals surface area contributed by atoms with Crippen molar-refractivity contribution < 1.29 is 19.2 Å². The van der Waals surface area contributed by atoms with Gasteiger partial charge in [0.15, 0.2) is 6.10 Å². The molecule has 1 aromatic carbocycles. The number of hydrogen-bond donors (Lipinski definition) is 1. The summed E-state index contributed by atoms with van der Waals surface area (Å²) in [5.41, 5.74) is 1.62. The van der Waals surface area contributed by atoms with Gasteiger partial charge in [0.05, 0.1) is 0 Å². The molecular weight excluding hydrogens is 310 g/mol. The molecule has 2 aromatic heterocycles. The second-order valence-corrected chi connectivity index (χ2v) is 5.27. The fraction of sp³-hybridized carbons (Fsp3) is 0.176. The Morgan fingerprint density at radius 3 is 2.88 bits per heavy atom. The summed E-state index contributed by atoms with van der Waals surface area (Å²) in [6.07, 6.45) is 2.50. The molecule has 3 aromatic rings. The summed E-state index contributed by atoms with van der Waals surface area (Å²) in [5.74, 6) is -0.275. The van der Waals surface area contributed by atoms with Gasteiger partial charge in [-0.25, -0.2) is 4.79 Å². The van der Waals surface area contributed by atoms with Gasteiger partial charge in [-0.2, -0.15) is 4.98 Å². The monoisotopic (exact) mass is 325 g/mol. The van der Waals surface area contributed by atoms with Crippen LogP contribution in [0, 0.1) is 6.92 Å². The van der Waals surface area contributed by atoms with E-state index in [-0.39, 0.29) is 17.2 Å². The lowest BCUT2D eigenvalue weighted by atomic mass is 10.1. The van der Waals surface area contributed by atoms with E-state index in [0.717, 1.165) is 5.56 Å². The molecule has 0 saturated heterocycles. The Morgan fingerprint density at radius 2 is 2.17 bits per heavy atom. The van der Waals surface area contributed by atoms with Crippen LogP contribution in [0.2, 0.25) is 0 Å². The van der Waals surface area contributed by atoms with Crippen molar-refractivity contribution in [1.29, 1.82) is 0 Å². The van der Waals surface area contributed by atoms with E-state index in [1.165, 1.54) is 12.1 Å². The number of phenolic OH excluding ortho intramolecular Hbond substituents is 1. The number of carbonyl (C=O) groups is 1. The molecule has 0 radical (unpaired) electrons. The van der Waals surface area contributed by atoms with Gasteiger partial charge in [-0.05, 0) is 43.7 Å². The lowest BCUT2D eigenvalue weighted by Gasteiger charge is -2.10. The Kier molecular flexibility index (Phi) is 4.24. The SMILES string of the molecule is Cc1ccc(C(=O)O[C@@H](C)c2nc(-c3cccnc3)no2)c(O)c1. The lowest BCUT2D eigenvalue weighted by Crippen LogP contribution is -2.10. The zero-order valence-electron chi connectivity index (χ0n) is 13.1. The summed E-state index contributed by atoms with van der Waals surface area (Å²) in [6.45, 7) is 3.43. The van der Waals surface area contributed by atoms with Crippen molar-refractivity contribution in [2.75, 3.05) is 0 Å². The van der Waals surface area contributed by atoms with Gasteiger partial charge in [-0.3, -0.25) is 4.98 Å². The molecule has 1 N–H and O–H groups in total. The normalized spacial score (nSPS) is 11.9. The van der Waals surface area contributed by atoms with Crippen LogP contribution >= 0.6 is 0 Å². The van der Waals surface area contributed by atoms with Crippen LogP contribution in [0.1, 0.15) is 34.8 Å². The van der Waals surface area contributed by atoms with E-state index < -0.39 is 12.1 Å². The first-order valence-electron chi connectivity index (χ1n) is 7.29. The maximum atomic E-state index is 12.2. The van der Waals surface area contributed by atoms with Crippen molar-refractivity contribution in [1.82, 2.24) is 15.1 Å². The van der Waals surface area contributed by atoms with E-state index in [1.54, 1.807) is 37.5 Å². The van der Waals surface area contributed by atoms with Crippen LogP contribution in [0.5, 0.6) is 5.75 Å². The van der Waals surface area contributed by atoms with Gasteiger partial charge in [-0.1, -0.05) is 11.2 Å². The Morgan fingerprint density at radius 1 is 1.33 bits per heavy atom. The Bertz CT molecular complexity index is 861. The maximum Gasteiger partial charge on any atom is 0.342 e. The molecule has 2 heterocycles. The van der Waals surface area contributed by atoms with Crippen LogP contribution in [-0.2, 0) is 4.74 Å². The lowest BCUT2D eigenvalue weighted by molar-refractivity contribution is 0.0262. The molecule has 7 nitrogen and oxygen atoms in total. The minimum Gasteiger partial charge on any atom is -0.507 e. The third kappa shape index (κ3) is 3.24. The number of aromatic nitrogens is 3. The van der Waals surface area contributed by atoms with Crippen LogP contribution in [0.15, 0.2) is 47.2 Å². The van der Waals surface area contributed by atoms with Crippen LogP contribution in [0.3, 0.4) is 0 Å². The van der Waals surface area contributed by atoms with Crippen LogP contribution in [-0.4, -0.2) is 26.2 Å². The summed E-state index contributed by atoms with van der Waals surface area (Å²) < 4.78 is 10.4. The van der Waals surface area contributed by atoms with Crippen LogP contribution in [0.4, 0.5) is 0 Å². The molecule has 3 rings (SSSR count). The highest BCUT2D eigenvalue weighted by molar-refractivity contribution is 5.92. The fourth-order valence-corrected chi connectivity index (χ4v) is 2.10. The maximum absolute atomic E-state index is 12.2. The minimum absolute atomic E-state index is 0.0828. The number of rotatable bonds is 4. The largest absolute Gasteiger partial charge is 0.507 e. The van der Waals surface area contributed by atoms with Crippen molar-refractivity contribution in [3.8, 4) is 17.1 Å². The van der Waals surface area contributed by atoms with Gasteiger partial charge in [0.25, 0.3) is 5.89 Å². The third-order valence-corrected chi connectivity index (χ3v) is 3.37. The number of aromatic hydroxyl groups is 1. The van der Waals surface area contributed by atoms with Crippen LogP contribution < -0.4 is 0 Å². The van der Waals surface area contributed by atoms with Crippen molar-refractivity contribution in [3.05, 3.63) is 59.7 Å². The molecule has 0 aliphatic rings. The van der Waals surface area contributed by atoms with Gasteiger partial charge >= 0.3 is 5.97 Å². The summed E-state index contributed by atoms with van der Waals surface area (Å²) >= 11 is 0. The van der Waals surface area contributed by atoms with E-state index >= 15 is 0 Å². The molecular formula is C17H15N3O4. The highest BCUT2D eigenvalue weighted by atomic mass is 16.6. The second kappa shape index (κ2) is 6.49. The van der Waals surface area contributed by atoms with E-state index in [0.29, 0.717) is 11.4 Å². The molecule has 0 aliphatic heterocycles. The van der Waals surface area contributed by atoms with Crippen molar-refractivity contribution in [2.45, 2.75) is 20.0 Å². The zero-order chi connectivity index (χ0) is 17.1. The molecule has 0 bridgehead atoms.